The molecule has 1 aromatic heterocycles. The van der Waals surface area contributed by atoms with Crippen LogP contribution in [-0.2, 0) is 15.1 Å². The highest BCUT2D eigenvalue weighted by Gasteiger charge is 2.65. The molecule has 0 aliphatic carbocycles. The Bertz CT molecular complexity index is 1390. The number of para-hydroxylation sites is 1. The Morgan fingerprint density at radius 2 is 1.94 bits per heavy atom. The van der Waals surface area contributed by atoms with Crippen LogP contribution in [0, 0.1) is 6.92 Å². The lowest BCUT2D eigenvalue weighted by Crippen LogP contribution is -2.55. The lowest BCUT2D eigenvalue weighted by molar-refractivity contribution is -0.126. The maximum absolute atomic E-state index is 14.2. The van der Waals surface area contributed by atoms with Gasteiger partial charge in [0.25, 0.3) is 11.8 Å². The number of anilines is 1. The lowest BCUT2D eigenvalue weighted by Gasteiger charge is -2.35. The molecule has 3 aromatic rings. The predicted octanol–water partition coefficient (Wildman–Crippen LogP) is 3.35. The first-order chi connectivity index (χ1) is 16.0. The van der Waals surface area contributed by atoms with Crippen LogP contribution in [0.3, 0.4) is 0 Å². The van der Waals surface area contributed by atoms with Crippen molar-refractivity contribution in [3.8, 4) is 0 Å². The number of carbonyl (C=O) groups is 2. The Hall–Kier alpha value is -3.45. The molecule has 6 rings (SSSR count). The average molecular weight is 444 g/mol. The Morgan fingerprint density at radius 3 is 2.70 bits per heavy atom. The van der Waals surface area contributed by atoms with Crippen molar-refractivity contribution in [3.05, 3.63) is 75.1 Å². The number of nitrogens with zero attached hydrogens (tertiary/aromatic N) is 2. The van der Waals surface area contributed by atoms with Gasteiger partial charge < -0.3 is 19.0 Å². The standard InChI is InChI=1S/C26H24N2O5/c1-3-27-19-9-5-4-8-18(19)26(25(27)31)21-22(29)17-13-15(2)10-11-20(17)33-23(21)24(30)28(26)14-16-7-6-12-32-16/h4-5,8-11,13,16H,3,6-7,12,14H2,1-2H3/t16-,26-/m1/s1. The number of benzene rings is 2. The van der Waals surface area contributed by atoms with E-state index in [1.54, 1.807) is 17.0 Å². The van der Waals surface area contributed by atoms with Gasteiger partial charge in [-0.1, -0.05) is 29.8 Å². The summed E-state index contributed by atoms with van der Waals surface area (Å²) < 4.78 is 11.9. The number of aryl methyl sites for hydroxylation is 1. The van der Waals surface area contributed by atoms with Gasteiger partial charge in [0.15, 0.2) is 11.0 Å². The van der Waals surface area contributed by atoms with Gasteiger partial charge in [0, 0.05) is 25.3 Å². The van der Waals surface area contributed by atoms with E-state index >= 15 is 0 Å². The second-order valence-corrected chi connectivity index (χ2v) is 8.96. The SMILES string of the molecule is CCN1C(=O)[C@@]2(c3ccccc31)c1c(oc3ccc(C)cc3c1=O)C(=O)N2C[C@H]1CCCO1. The Balaban J connectivity index is 1.70. The van der Waals surface area contributed by atoms with Gasteiger partial charge in [-0.05, 0) is 44.9 Å². The number of hydrogen-bond donors (Lipinski definition) is 0. The first kappa shape index (κ1) is 20.2. The molecule has 33 heavy (non-hydrogen) atoms. The molecule has 2 amide bonds. The first-order valence-corrected chi connectivity index (χ1v) is 11.4. The molecule has 0 bridgehead atoms. The minimum atomic E-state index is -1.55. The summed E-state index contributed by atoms with van der Waals surface area (Å²) in [5, 5.41) is 0.375. The summed E-state index contributed by atoms with van der Waals surface area (Å²) in [5.41, 5.74) is 0.837. The summed E-state index contributed by atoms with van der Waals surface area (Å²) in [6.45, 7) is 5.05. The molecule has 168 valence electrons. The van der Waals surface area contributed by atoms with Crippen LogP contribution in [0.4, 0.5) is 5.69 Å². The van der Waals surface area contributed by atoms with E-state index in [1.165, 1.54) is 4.90 Å². The van der Waals surface area contributed by atoms with Crippen molar-refractivity contribution in [1.29, 1.82) is 0 Å². The zero-order chi connectivity index (χ0) is 22.9. The molecule has 1 saturated heterocycles. The van der Waals surface area contributed by atoms with Crippen LogP contribution in [0.1, 0.15) is 47.0 Å². The average Bonchev–Trinajstić information content (AvgIpc) is 3.48. The van der Waals surface area contributed by atoms with E-state index in [4.69, 9.17) is 9.15 Å². The molecule has 3 aliphatic rings. The molecule has 0 N–H and O–H groups in total. The number of fused-ring (bicyclic) bond motifs is 5. The normalized spacial score (nSPS) is 23.8. The molecule has 4 heterocycles. The fourth-order valence-corrected chi connectivity index (χ4v) is 5.66. The van der Waals surface area contributed by atoms with E-state index in [-0.39, 0.29) is 35.3 Å². The van der Waals surface area contributed by atoms with E-state index in [0.717, 1.165) is 18.4 Å². The van der Waals surface area contributed by atoms with Crippen LogP contribution >= 0.6 is 0 Å². The number of ether oxygens (including phenoxy) is 1. The van der Waals surface area contributed by atoms with Gasteiger partial charge in [0.2, 0.25) is 5.76 Å². The molecule has 7 heteroatoms. The Kier molecular flexibility index (Phi) is 4.29. The molecule has 2 aromatic carbocycles. The number of carbonyl (C=O) groups excluding carboxylic acids is 2. The summed E-state index contributed by atoms with van der Waals surface area (Å²) in [7, 11) is 0. The second-order valence-electron chi connectivity index (χ2n) is 8.96. The Labute approximate surface area is 190 Å². The van der Waals surface area contributed by atoms with Crippen molar-refractivity contribution < 1.29 is 18.7 Å². The van der Waals surface area contributed by atoms with Crippen LogP contribution < -0.4 is 10.3 Å². The molecule has 0 radical (unpaired) electrons. The monoisotopic (exact) mass is 444 g/mol. The number of amides is 2. The van der Waals surface area contributed by atoms with Crippen molar-refractivity contribution in [2.75, 3.05) is 24.6 Å². The van der Waals surface area contributed by atoms with Crippen LogP contribution in [0.15, 0.2) is 51.7 Å². The highest BCUT2D eigenvalue weighted by Crippen LogP contribution is 2.52. The minimum absolute atomic E-state index is 0.0459. The fraction of sp³-hybridized carbons (Fsp3) is 0.346. The maximum atomic E-state index is 14.2. The van der Waals surface area contributed by atoms with Crippen molar-refractivity contribution >= 4 is 28.5 Å². The van der Waals surface area contributed by atoms with Crippen molar-refractivity contribution in [1.82, 2.24) is 4.90 Å². The van der Waals surface area contributed by atoms with Gasteiger partial charge in [-0.3, -0.25) is 14.4 Å². The Morgan fingerprint density at radius 1 is 1.12 bits per heavy atom. The molecule has 1 fully saturated rings. The van der Waals surface area contributed by atoms with Crippen molar-refractivity contribution in [3.63, 3.8) is 0 Å². The molecule has 0 unspecified atom stereocenters. The van der Waals surface area contributed by atoms with Gasteiger partial charge in [-0.2, -0.15) is 0 Å². The third-order valence-corrected chi connectivity index (χ3v) is 7.12. The van der Waals surface area contributed by atoms with E-state index in [2.05, 4.69) is 0 Å². The zero-order valence-electron chi connectivity index (χ0n) is 18.6. The van der Waals surface area contributed by atoms with Gasteiger partial charge in [-0.15, -0.1) is 0 Å². The smallest absolute Gasteiger partial charge is 0.291 e. The quantitative estimate of drug-likeness (QED) is 0.619. The van der Waals surface area contributed by atoms with Crippen molar-refractivity contribution in [2.24, 2.45) is 0 Å². The van der Waals surface area contributed by atoms with E-state index in [0.29, 0.717) is 35.4 Å². The molecular weight excluding hydrogens is 420 g/mol. The summed E-state index contributed by atoms with van der Waals surface area (Å²) in [5.74, 6) is -0.785. The maximum Gasteiger partial charge on any atom is 0.291 e. The molecule has 0 saturated carbocycles. The van der Waals surface area contributed by atoms with Crippen LogP contribution in [-0.4, -0.2) is 42.5 Å². The summed E-state index contributed by atoms with van der Waals surface area (Å²) in [6, 6.07) is 12.7. The molecule has 1 spiro atoms. The van der Waals surface area contributed by atoms with Gasteiger partial charge in [0.1, 0.15) is 5.58 Å². The number of hydrogen-bond acceptors (Lipinski definition) is 5. The highest BCUT2D eigenvalue weighted by atomic mass is 16.5. The van der Waals surface area contributed by atoms with E-state index < -0.39 is 11.4 Å². The topological polar surface area (TPSA) is 80.1 Å². The number of rotatable bonds is 3. The third-order valence-electron chi connectivity index (χ3n) is 7.12. The predicted molar refractivity (Wildman–Crippen MR) is 122 cm³/mol. The summed E-state index contributed by atoms with van der Waals surface area (Å²) >= 11 is 0. The van der Waals surface area contributed by atoms with E-state index in [9.17, 15) is 14.4 Å². The zero-order valence-corrected chi connectivity index (χ0v) is 18.6. The molecule has 3 aliphatic heterocycles. The van der Waals surface area contributed by atoms with Crippen LogP contribution in [0.5, 0.6) is 0 Å². The van der Waals surface area contributed by atoms with Gasteiger partial charge in [0.05, 0.1) is 22.7 Å². The molecular formula is C26H24N2O5. The van der Waals surface area contributed by atoms with Crippen molar-refractivity contribution in [2.45, 2.75) is 38.3 Å². The number of likely N-dealkylation sites (N-methyl/N-ethyl adjacent to an activating group) is 1. The fourth-order valence-electron chi connectivity index (χ4n) is 5.66. The van der Waals surface area contributed by atoms with Gasteiger partial charge in [-0.25, -0.2) is 0 Å². The van der Waals surface area contributed by atoms with Crippen LogP contribution in [0.25, 0.3) is 11.0 Å². The highest BCUT2D eigenvalue weighted by molar-refractivity contribution is 6.17. The van der Waals surface area contributed by atoms with Gasteiger partial charge >= 0.3 is 0 Å². The minimum Gasteiger partial charge on any atom is -0.450 e. The second kappa shape index (κ2) is 7.02. The third kappa shape index (κ3) is 2.51. The first-order valence-electron chi connectivity index (χ1n) is 11.4. The largest absolute Gasteiger partial charge is 0.450 e. The summed E-state index contributed by atoms with van der Waals surface area (Å²) in [4.78, 5) is 45.2. The lowest BCUT2D eigenvalue weighted by atomic mass is 9.83. The van der Waals surface area contributed by atoms with E-state index in [1.807, 2.05) is 44.2 Å². The molecule has 2 atom stereocenters. The summed E-state index contributed by atoms with van der Waals surface area (Å²) in [6.07, 6.45) is 1.51. The van der Waals surface area contributed by atoms with Crippen LogP contribution in [0.2, 0.25) is 0 Å². The molecule has 7 nitrogen and oxygen atoms in total.